The van der Waals surface area contributed by atoms with E-state index in [4.69, 9.17) is 0 Å². The fourth-order valence-electron chi connectivity index (χ4n) is 3.10. The van der Waals surface area contributed by atoms with E-state index in [-0.39, 0.29) is 23.1 Å². The molecular weight excluding hydrogens is 351 g/mol. The maximum absolute atomic E-state index is 12.6. The van der Waals surface area contributed by atoms with E-state index in [1.54, 1.807) is 0 Å². The number of carbonyl (C=O) groups is 2. The summed E-state index contributed by atoms with van der Waals surface area (Å²) in [6.07, 6.45) is 0.533. The highest BCUT2D eigenvalue weighted by Gasteiger charge is 2.54. The standard InChI is InChI=1S/C17H18F3N3O3/c1-2-14(24)23-9-16(5-6-16)7-12(23)15(25)22-11-3-4-13(21-8-11)26-10-17(18,19)20/h2-4,8,12H,1,5-7,9-10H2,(H,22,25)/t12-/m0/s1. The van der Waals surface area contributed by atoms with Gasteiger partial charge in [0.15, 0.2) is 6.61 Å². The van der Waals surface area contributed by atoms with E-state index in [0.29, 0.717) is 18.7 Å². The molecule has 0 radical (unpaired) electrons. The van der Waals surface area contributed by atoms with E-state index in [1.165, 1.54) is 29.3 Å². The van der Waals surface area contributed by atoms with Crippen LogP contribution in [-0.4, -0.2) is 47.1 Å². The highest BCUT2D eigenvalue weighted by Crippen LogP contribution is 2.54. The second-order valence-electron chi connectivity index (χ2n) is 6.67. The summed E-state index contributed by atoms with van der Waals surface area (Å²) in [6.45, 7) is 2.57. The van der Waals surface area contributed by atoms with Crippen LogP contribution in [0, 0.1) is 5.41 Å². The van der Waals surface area contributed by atoms with Gasteiger partial charge in [0.25, 0.3) is 0 Å². The minimum absolute atomic E-state index is 0.0359. The third-order valence-corrected chi connectivity index (χ3v) is 4.61. The number of halogens is 3. The number of hydrogen-bond donors (Lipinski definition) is 1. The summed E-state index contributed by atoms with van der Waals surface area (Å²) in [5.41, 5.74) is 0.353. The van der Waals surface area contributed by atoms with E-state index < -0.39 is 18.8 Å². The Labute approximate surface area is 148 Å². The fraction of sp³-hybridized carbons (Fsp3) is 0.471. The van der Waals surface area contributed by atoms with Crippen LogP contribution in [0.3, 0.4) is 0 Å². The van der Waals surface area contributed by atoms with Crippen molar-refractivity contribution in [3.63, 3.8) is 0 Å². The third-order valence-electron chi connectivity index (χ3n) is 4.61. The molecule has 9 heteroatoms. The normalized spacial score (nSPS) is 20.7. The summed E-state index contributed by atoms with van der Waals surface area (Å²) >= 11 is 0. The van der Waals surface area contributed by atoms with Crippen molar-refractivity contribution in [3.8, 4) is 5.88 Å². The first-order valence-corrected chi connectivity index (χ1v) is 8.11. The zero-order chi connectivity index (χ0) is 18.9. The van der Waals surface area contributed by atoms with E-state index >= 15 is 0 Å². The van der Waals surface area contributed by atoms with Crippen molar-refractivity contribution in [1.82, 2.24) is 9.88 Å². The van der Waals surface area contributed by atoms with Gasteiger partial charge >= 0.3 is 6.18 Å². The van der Waals surface area contributed by atoms with Crippen molar-refractivity contribution in [2.75, 3.05) is 18.5 Å². The number of rotatable bonds is 5. The number of alkyl halides is 3. The largest absolute Gasteiger partial charge is 0.468 e. The third kappa shape index (κ3) is 4.14. The number of pyridine rings is 1. The lowest BCUT2D eigenvalue weighted by atomic mass is 10.0. The summed E-state index contributed by atoms with van der Waals surface area (Å²) < 4.78 is 40.9. The summed E-state index contributed by atoms with van der Waals surface area (Å²) in [6, 6.07) is 2.05. The average molecular weight is 369 g/mol. The number of hydrogen-bond acceptors (Lipinski definition) is 4. The molecule has 1 spiro atoms. The second-order valence-corrected chi connectivity index (χ2v) is 6.67. The zero-order valence-corrected chi connectivity index (χ0v) is 13.9. The lowest BCUT2D eigenvalue weighted by Gasteiger charge is -2.22. The van der Waals surface area contributed by atoms with Gasteiger partial charge in [-0.25, -0.2) is 4.98 Å². The number of amides is 2. The monoisotopic (exact) mass is 369 g/mol. The average Bonchev–Trinajstić information content (AvgIpc) is 3.23. The number of likely N-dealkylation sites (tertiary alicyclic amines) is 1. The van der Waals surface area contributed by atoms with Crippen molar-refractivity contribution >= 4 is 17.5 Å². The number of ether oxygens (including phenoxy) is 1. The number of carbonyl (C=O) groups excluding carboxylic acids is 2. The smallest absolute Gasteiger partial charge is 0.422 e. The van der Waals surface area contributed by atoms with Crippen LogP contribution in [0.25, 0.3) is 0 Å². The Morgan fingerprint density at radius 3 is 2.69 bits per heavy atom. The lowest BCUT2D eigenvalue weighted by Crippen LogP contribution is -2.42. The van der Waals surface area contributed by atoms with Gasteiger partial charge in [0.05, 0.1) is 11.9 Å². The summed E-state index contributed by atoms with van der Waals surface area (Å²) in [4.78, 5) is 29.8. The molecular formula is C17H18F3N3O3. The Bertz CT molecular complexity index is 714. The number of aromatic nitrogens is 1. The highest BCUT2D eigenvalue weighted by molar-refractivity contribution is 5.99. The van der Waals surface area contributed by atoms with Crippen LogP contribution in [0.2, 0.25) is 0 Å². The molecule has 1 N–H and O–H groups in total. The van der Waals surface area contributed by atoms with Crippen LogP contribution < -0.4 is 10.1 Å². The predicted molar refractivity (Wildman–Crippen MR) is 86.4 cm³/mol. The van der Waals surface area contributed by atoms with Crippen molar-refractivity contribution in [1.29, 1.82) is 0 Å². The van der Waals surface area contributed by atoms with Gasteiger partial charge in [0.2, 0.25) is 17.7 Å². The van der Waals surface area contributed by atoms with Crippen LogP contribution in [0.4, 0.5) is 18.9 Å². The van der Waals surface area contributed by atoms with Crippen LogP contribution in [-0.2, 0) is 9.59 Å². The topological polar surface area (TPSA) is 71.5 Å². The first kappa shape index (κ1) is 18.2. The Hall–Kier alpha value is -2.58. The molecule has 1 atom stereocenters. The van der Waals surface area contributed by atoms with E-state index in [2.05, 4.69) is 21.6 Å². The molecule has 2 fully saturated rings. The minimum Gasteiger partial charge on any atom is -0.468 e. The molecule has 26 heavy (non-hydrogen) atoms. The molecule has 1 aliphatic heterocycles. The zero-order valence-electron chi connectivity index (χ0n) is 13.9. The van der Waals surface area contributed by atoms with Gasteiger partial charge in [0.1, 0.15) is 6.04 Å². The molecule has 1 aromatic heterocycles. The van der Waals surface area contributed by atoms with Gasteiger partial charge in [-0.05, 0) is 36.8 Å². The quantitative estimate of drug-likeness (QED) is 0.810. The molecule has 0 unspecified atom stereocenters. The number of nitrogens with one attached hydrogen (secondary N) is 1. The van der Waals surface area contributed by atoms with Crippen molar-refractivity contribution in [2.24, 2.45) is 5.41 Å². The van der Waals surface area contributed by atoms with E-state index in [9.17, 15) is 22.8 Å². The van der Waals surface area contributed by atoms with Gasteiger partial charge in [0, 0.05) is 12.6 Å². The van der Waals surface area contributed by atoms with Gasteiger partial charge < -0.3 is 15.0 Å². The fourth-order valence-corrected chi connectivity index (χ4v) is 3.10. The Morgan fingerprint density at radius 2 is 2.15 bits per heavy atom. The molecule has 3 rings (SSSR count). The first-order valence-electron chi connectivity index (χ1n) is 8.11. The SMILES string of the molecule is C=CC(=O)N1CC2(CC2)C[C@H]1C(=O)Nc1ccc(OCC(F)(F)F)nc1. The predicted octanol–water partition coefficient (Wildman–Crippen LogP) is 2.53. The molecule has 2 heterocycles. The molecule has 0 bridgehead atoms. The van der Waals surface area contributed by atoms with Gasteiger partial charge in [-0.2, -0.15) is 13.2 Å². The molecule has 2 aliphatic rings. The van der Waals surface area contributed by atoms with E-state index in [0.717, 1.165) is 12.8 Å². The molecule has 2 amide bonds. The van der Waals surface area contributed by atoms with Crippen LogP contribution in [0.1, 0.15) is 19.3 Å². The van der Waals surface area contributed by atoms with Crippen LogP contribution in [0.5, 0.6) is 5.88 Å². The Morgan fingerprint density at radius 1 is 1.42 bits per heavy atom. The Balaban J connectivity index is 1.62. The van der Waals surface area contributed by atoms with Gasteiger partial charge in [-0.15, -0.1) is 0 Å². The minimum atomic E-state index is -4.45. The number of nitrogens with zero attached hydrogens (tertiary/aromatic N) is 2. The van der Waals surface area contributed by atoms with Crippen molar-refractivity contribution in [3.05, 3.63) is 31.0 Å². The van der Waals surface area contributed by atoms with Crippen LogP contribution in [0.15, 0.2) is 31.0 Å². The van der Waals surface area contributed by atoms with E-state index in [1.807, 2.05) is 0 Å². The Kier molecular flexibility index (Phi) is 4.64. The summed E-state index contributed by atoms with van der Waals surface area (Å²) in [7, 11) is 0. The maximum atomic E-state index is 12.6. The molecule has 1 saturated carbocycles. The van der Waals surface area contributed by atoms with Gasteiger partial charge in [-0.1, -0.05) is 6.58 Å². The molecule has 6 nitrogen and oxygen atoms in total. The molecule has 1 aliphatic carbocycles. The first-order chi connectivity index (χ1) is 12.2. The second kappa shape index (κ2) is 6.62. The molecule has 0 aromatic carbocycles. The van der Waals surface area contributed by atoms with Crippen molar-refractivity contribution < 1.29 is 27.5 Å². The molecule has 140 valence electrons. The summed E-state index contributed by atoms with van der Waals surface area (Å²) in [5, 5.41) is 2.65. The van der Waals surface area contributed by atoms with Gasteiger partial charge in [-0.3, -0.25) is 9.59 Å². The highest BCUT2D eigenvalue weighted by atomic mass is 19.4. The number of anilines is 1. The lowest BCUT2D eigenvalue weighted by molar-refractivity contribution is -0.154. The maximum Gasteiger partial charge on any atom is 0.422 e. The molecule has 1 aromatic rings. The summed E-state index contributed by atoms with van der Waals surface area (Å²) in [5.74, 6) is -0.834. The van der Waals surface area contributed by atoms with Crippen molar-refractivity contribution in [2.45, 2.75) is 31.5 Å². The van der Waals surface area contributed by atoms with Crippen LogP contribution >= 0.6 is 0 Å². The molecule has 1 saturated heterocycles.